The standard InChI is InChI=1S/C32H36FN3O4S/c1-18-6-4-9-24(19(18)2)35-30(38)28-32-15-14-25(40-32)26(29(37)34-22-7-5-8-23(16-22)41-3)27(32)31(39)36(28)17-20-10-12-21(33)13-11-20/h5,7-8,10-16,18-19,24-28H,4,6,9,17H2,1-3H3,(H,34,37)(H,35,38). The maximum absolute atomic E-state index is 14.2. The number of thioether (sulfide) groups is 1. The van der Waals surface area contributed by atoms with Crippen molar-refractivity contribution in [1.29, 1.82) is 0 Å². The van der Waals surface area contributed by atoms with Crippen LogP contribution >= 0.6 is 11.8 Å². The van der Waals surface area contributed by atoms with E-state index in [0.717, 1.165) is 24.2 Å². The highest BCUT2D eigenvalue weighted by molar-refractivity contribution is 7.98. The molecule has 1 spiro atoms. The molecule has 8 unspecified atom stereocenters. The number of carbonyl (C=O) groups excluding carboxylic acids is 3. The number of ether oxygens (including phenoxy) is 1. The van der Waals surface area contributed by atoms with Crippen LogP contribution in [0.5, 0.6) is 0 Å². The van der Waals surface area contributed by atoms with Crippen molar-refractivity contribution in [2.45, 2.75) is 68.3 Å². The van der Waals surface area contributed by atoms with E-state index in [9.17, 15) is 18.8 Å². The summed E-state index contributed by atoms with van der Waals surface area (Å²) in [7, 11) is 0. The van der Waals surface area contributed by atoms with Gasteiger partial charge in [-0.1, -0.05) is 57.0 Å². The average molecular weight is 578 g/mol. The molecule has 3 heterocycles. The van der Waals surface area contributed by atoms with E-state index in [1.165, 1.54) is 17.0 Å². The van der Waals surface area contributed by atoms with Crippen LogP contribution < -0.4 is 10.6 Å². The zero-order valence-electron chi connectivity index (χ0n) is 23.5. The molecule has 1 saturated carbocycles. The van der Waals surface area contributed by atoms with Crippen LogP contribution in [0.3, 0.4) is 0 Å². The first-order chi connectivity index (χ1) is 19.7. The van der Waals surface area contributed by atoms with Gasteiger partial charge in [-0.25, -0.2) is 4.39 Å². The van der Waals surface area contributed by atoms with Crippen molar-refractivity contribution in [2.24, 2.45) is 23.7 Å². The number of nitrogens with zero attached hydrogens (tertiary/aromatic N) is 1. The highest BCUT2D eigenvalue weighted by Crippen LogP contribution is 2.55. The van der Waals surface area contributed by atoms with Crippen LogP contribution in [0.25, 0.3) is 0 Å². The maximum Gasteiger partial charge on any atom is 0.246 e. The Labute approximate surface area is 244 Å². The number of carbonyl (C=O) groups is 3. The van der Waals surface area contributed by atoms with Crippen molar-refractivity contribution in [3.63, 3.8) is 0 Å². The summed E-state index contributed by atoms with van der Waals surface area (Å²) in [6.07, 6.45) is 8.04. The molecule has 2 aromatic rings. The van der Waals surface area contributed by atoms with Crippen LogP contribution in [0, 0.1) is 29.5 Å². The summed E-state index contributed by atoms with van der Waals surface area (Å²) >= 11 is 1.57. The molecule has 0 radical (unpaired) electrons. The van der Waals surface area contributed by atoms with Crippen LogP contribution in [0.2, 0.25) is 0 Å². The van der Waals surface area contributed by atoms with Crippen molar-refractivity contribution >= 4 is 35.2 Å². The average Bonchev–Trinajstić information content (AvgIpc) is 3.60. The third kappa shape index (κ3) is 4.87. The number of anilines is 1. The molecule has 3 amide bonds. The largest absolute Gasteiger partial charge is 0.359 e. The molecule has 1 aliphatic carbocycles. The fourth-order valence-electron chi connectivity index (χ4n) is 7.20. The predicted octanol–water partition coefficient (Wildman–Crippen LogP) is 4.78. The van der Waals surface area contributed by atoms with Crippen LogP contribution in [0.15, 0.2) is 65.6 Å². The molecule has 8 atom stereocenters. The molecule has 0 aromatic heterocycles. The first kappa shape index (κ1) is 28.0. The second kappa shape index (κ2) is 10.9. The quantitative estimate of drug-likeness (QED) is 0.366. The van der Waals surface area contributed by atoms with E-state index in [2.05, 4.69) is 24.5 Å². The van der Waals surface area contributed by atoms with Crippen molar-refractivity contribution in [1.82, 2.24) is 10.2 Å². The van der Waals surface area contributed by atoms with Gasteiger partial charge >= 0.3 is 0 Å². The molecule has 3 fully saturated rings. The third-order valence-corrected chi connectivity index (χ3v) is 10.3. The van der Waals surface area contributed by atoms with Gasteiger partial charge in [-0.3, -0.25) is 14.4 Å². The molecule has 2 N–H and O–H groups in total. The van der Waals surface area contributed by atoms with Gasteiger partial charge in [0.15, 0.2) is 0 Å². The van der Waals surface area contributed by atoms with Gasteiger partial charge in [-0.15, -0.1) is 11.8 Å². The van der Waals surface area contributed by atoms with Gasteiger partial charge in [0.2, 0.25) is 17.7 Å². The van der Waals surface area contributed by atoms with Crippen LogP contribution in [-0.4, -0.2) is 52.7 Å². The van der Waals surface area contributed by atoms with E-state index >= 15 is 0 Å². The van der Waals surface area contributed by atoms with E-state index in [0.29, 0.717) is 23.1 Å². The number of rotatable bonds is 7. The lowest BCUT2D eigenvalue weighted by Gasteiger charge is -2.38. The molecule has 2 bridgehead atoms. The van der Waals surface area contributed by atoms with Crippen LogP contribution in [0.4, 0.5) is 10.1 Å². The Morgan fingerprint density at radius 3 is 2.66 bits per heavy atom. The van der Waals surface area contributed by atoms with Gasteiger partial charge in [0.05, 0.1) is 17.9 Å². The third-order valence-electron chi connectivity index (χ3n) is 9.56. The molecule has 41 heavy (non-hydrogen) atoms. The summed E-state index contributed by atoms with van der Waals surface area (Å²) in [6, 6.07) is 12.5. The number of fused-ring (bicyclic) bond motifs is 1. The number of hydrogen-bond donors (Lipinski definition) is 2. The Morgan fingerprint density at radius 2 is 1.90 bits per heavy atom. The lowest BCUT2D eigenvalue weighted by atomic mass is 9.73. The Bertz CT molecular complexity index is 1380. The minimum atomic E-state index is -1.25. The Balaban J connectivity index is 1.32. The van der Waals surface area contributed by atoms with Crippen molar-refractivity contribution in [3.8, 4) is 0 Å². The zero-order chi connectivity index (χ0) is 28.9. The molecule has 4 aliphatic rings. The van der Waals surface area contributed by atoms with Crippen molar-refractivity contribution < 1.29 is 23.5 Å². The molecule has 6 rings (SSSR count). The second-order valence-corrected chi connectivity index (χ2v) is 12.8. The predicted molar refractivity (Wildman–Crippen MR) is 155 cm³/mol. The number of benzene rings is 2. The molecular formula is C32H36FN3O4S. The SMILES string of the molecule is CSc1cccc(NC(=O)C2C3C=CC4(O3)C2C(=O)N(Cc2ccc(F)cc2)C4C(=O)NC2CCCC(C)C2C)c1. The van der Waals surface area contributed by atoms with E-state index < -0.39 is 29.6 Å². The van der Waals surface area contributed by atoms with Gasteiger partial charge < -0.3 is 20.3 Å². The minimum Gasteiger partial charge on any atom is -0.359 e. The van der Waals surface area contributed by atoms with Gasteiger partial charge in [0, 0.05) is 23.2 Å². The molecule has 7 nitrogen and oxygen atoms in total. The van der Waals surface area contributed by atoms with Gasteiger partial charge in [0.25, 0.3) is 0 Å². The summed E-state index contributed by atoms with van der Waals surface area (Å²) in [5, 5.41) is 6.25. The van der Waals surface area contributed by atoms with E-state index in [4.69, 9.17) is 4.74 Å². The maximum atomic E-state index is 14.2. The smallest absolute Gasteiger partial charge is 0.246 e. The normalized spacial score (nSPS) is 33.6. The summed E-state index contributed by atoms with van der Waals surface area (Å²) in [5.41, 5.74) is 0.0892. The first-order valence-corrected chi connectivity index (χ1v) is 15.6. The molecule has 3 aliphatic heterocycles. The fourth-order valence-corrected chi connectivity index (χ4v) is 7.66. The minimum absolute atomic E-state index is 0.00476. The number of halogens is 1. The van der Waals surface area contributed by atoms with Gasteiger partial charge in [-0.2, -0.15) is 0 Å². The highest BCUT2D eigenvalue weighted by atomic mass is 32.2. The fraction of sp³-hybridized carbons (Fsp3) is 0.469. The first-order valence-electron chi connectivity index (χ1n) is 14.4. The number of likely N-dealkylation sites (tertiary alicyclic amines) is 1. The molecule has 9 heteroatoms. The van der Waals surface area contributed by atoms with E-state index in [1.807, 2.05) is 42.7 Å². The molecule has 216 valence electrons. The number of amides is 3. The lowest BCUT2D eigenvalue weighted by Crippen LogP contribution is -2.57. The molecule has 2 aromatic carbocycles. The Morgan fingerprint density at radius 1 is 1.12 bits per heavy atom. The van der Waals surface area contributed by atoms with Crippen LogP contribution in [0.1, 0.15) is 38.7 Å². The Hall–Kier alpha value is -3.17. The summed E-state index contributed by atoms with van der Waals surface area (Å²) < 4.78 is 20.1. The lowest BCUT2D eigenvalue weighted by molar-refractivity contribution is -0.142. The van der Waals surface area contributed by atoms with E-state index in [1.54, 1.807) is 23.9 Å². The topological polar surface area (TPSA) is 87.7 Å². The van der Waals surface area contributed by atoms with Crippen LogP contribution in [-0.2, 0) is 25.7 Å². The van der Waals surface area contributed by atoms with Crippen molar-refractivity contribution in [2.75, 3.05) is 11.6 Å². The van der Waals surface area contributed by atoms with Crippen molar-refractivity contribution in [3.05, 3.63) is 72.1 Å². The molecule has 2 saturated heterocycles. The van der Waals surface area contributed by atoms with Gasteiger partial charge in [0.1, 0.15) is 17.5 Å². The molecular weight excluding hydrogens is 541 g/mol. The summed E-state index contributed by atoms with van der Waals surface area (Å²) in [4.78, 5) is 44.6. The monoisotopic (exact) mass is 577 g/mol. The highest BCUT2D eigenvalue weighted by Gasteiger charge is 2.72. The van der Waals surface area contributed by atoms with E-state index in [-0.39, 0.29) is 36.1 Å². The summed E-state index contributed by atoms with van der Waals surface area (Å²) in [5.74, 6) is -2.11. The number of nitrogens with one attached hydrogen (secondary N) is 2. The van der Waals surface area contributed by atoms with Gasteiger partial charge in [-0.05, 0) is 60.4 Å². The number of hydrogen-bond acceptors (Lipinski definition) is 5. The Kier molecular flexibility index (Phi) is 7.44. The second-order valence-electron chi connectivity index (χ2n) is 11.9. The summed E-state index contributed by atoms with van der Waals surface area (Å²) in [6.45, 7) is 4.48. The zero-order valence-corrected chi connectivity index (χ0v) is 24.3.